The van der Waals surface area contributed by atoms with Crippen molar-refractivity contribution in [3.05, 3.63) is 39.7 Å². The first-order valence-corrected chi connectivity index (χ1v) is 9.37. The molecule has 0 radical (unpaired) electrons. The predicted octanol–water partition coefficient (Wildman–Crippen LogP) is 2.42. The van der Waals surface area contributed by atoms with Gasteiger partial charge in [0.05, 0.1) is 23.5 Å². The van der Waals surface area contributed by atoms with Crippen LogP contribution in [0, 0.1) is 23.0 Å². The summed E-state index contributed by atoms with van der Waals surface area (Å²) >= 11 is 0. The number of aromatic carboxylic acids is 1. The minimum atomic E-state index is -1.36. The highest BCUT2D eigenvalue weighted by Gasteiger charge is 2.33. The van der Waals surface area contributed by atoms with E-state index in [0.29, 0.717) is 13.1 Å². The van der Waals surface area contributed by atoms with E-state index in [1.807, 2.05) is 18.7 Å². The van der Waals surface area contributed by atoms with Crippen LogP contribution in [0.25, 0.3) is 10.9 Å². The van der Waals surface area contributed by atoms with E-state index < -0.39 is 23.0 Å². The van der Waals surface area contributed by atoms with Crippen LogP contribution in [0.5, 0.6) is 0 Å². The van der Waals surface area contributed by atoms with Gasteiger partial charge in [-0.25, -0.2) is 13.6 Å². The van der Waals surface area contributed by atoms with Crippen LogP contribution in [0.1, 0.15) is 31.3 Å². The summed E-state index contributed by atoms with van der Waals surface area (Å²) in [6, 6.07) is 3.73. The first-order chi connectivity index (χ1) is 13.7. The number of nitrogens with zero attached hydrogens (tertiary/aromatic N) is 4. The van der Waals surface area contributed by atoms with Crippen LogP contribution in [0.2, 0.25) is 0 Å². The second kappa shape index (κ2) is 7.79. The maximum Gasteiger partial charge on any atom is 0.352 e. The van der Waals surface area contributed by atoms with Gasteiger partial charge in [0.1, 0.15) is 17.2 Å². The number of hydrogen-bond donors (Lipinski definition) is 1. The molecule has 7 nitrogen and oxygen atoms in total. The molecule has 0 saturated carbocycles. The van der Waals surface area contributed by atoms with Crippen LogP contribution >= 0.6 is 0 Å². The minimum absolute atomic E-state index is 0.100. The molecule has 0 aliphatic carbocycles. The van der Waals surface area contributed by atoms with E-state index in [1.165, 1.54) is 4.57 Å². The average Bonchev–Trinajstić information content (AvgIpc) is 2.65. The Balaban J connectivity index is 2.21. The van der Waals surface area contributed by atoms with E-state index in [9.17, 15) is 19.1 Å². The normalized spacial score (nSPS) is 20.1. The highest BCUT2D eigenvalue weighted by Crippen LogP contribution is 2.32. The van der Waals surface area contributed by atoms with Gasteiger partial charge >= 0.3 is 5.97 Å². The fourth-order valence-electron chi connectivity index (χ4n) is 4.18. The third-order valence-corrected chi connectivity index (χ3v) is 5.47. The number of rotatable bonds is 4. The predicted molar refractivity (Wildman–Crippen MR) is 104 cm³/mol. The van der Waals surface area contributed by atoms with Crippen molar-refractivity contribution >= 4 is 22.6 Å². The van der Waals surface area contributed by atoms with Gasteiger partial charge in [-0.05, 0) is 26.8 Å². The van der Waals surface area contributed by atoms with Gasteiger partial charge in [0.2, 0.25) is 0 Å². The smallest absolute Gasteiger partial charge is 0.352 e. The first kappa shape index (κ1) is 20.7. The van der Waals surface area contributed by atoms with Gasteiger partial charge in [-0.3, -0.25) is 9.69 Å². The molecule has 0 bridgehead atoms. The van der Waals surface area contributed by atoms with Crippen molar-refractivity contribution in [2.75, 3.05) is 24.5 Å². The summed E-state index contributed by atoms with van der Waals surface area (Å²) in [5.41, 5.74) is -1.58. The largest absolute Gasteiger partial charge is 0.477 e. The zero-order valence-corrected chi connectivity index (χ0v) is 16.4. The Morgan fingerprint density at radius 2 is 1.90 bits per heavy atom. The van der Waals surface area contributed by atoms with E-state index in [4.69, 9.17) is 5.26 Å². The standard InChI is InChI=1S/C20H22F2N4O3/c1-4-25-15(20(28)29)8-16(27)13-7-14(21)19(17(22)18(13)25)24-9-11(2)26(6-5-23)12(3)10-24/h7-8,11-12H,4,6,9-10H2,1-3H3,(H,28,29). The number of fused-ring (bicyclic) bond motifs is 1. The van der Waals surface area contributed by atoms with Gasteiger partial charge in [0.25, 0.3) is 0 Å². The van der Waals surface area contributed by atoms with Crippen molar-refractivity contribution < 1.29 is 18.7 Å². The van der Waals surface area contributed by atoms with Gasteiger partial charge in [0.15, 0.2) is 11.2 Å². The minimum Gasteiger partial charge on any atom is -0.477 e. The molecule has 1 aliphatic rings. The second-order valence-electron chi connectivity index (χ2n) is 7.29. The molecule has 2 aromatic rings. The number of pyridine rings is 1. The van der Waals surface area contributed by atoms with Crippen molar-refractivity contribution in [1.82, 2.24) is 9.47 Å². The lowest BCUT2D eigenvalue weighted by Gasteiger charge is -2.44. The Morgan fingerprint density at radius 3 is 2.41 bits per heavy atom. The third-order valence-electron chi connectivity index (χ3n) is 5.47. The number of carbonyl (C=O) groups is 1. The Bertz CT molecular complexity index is 1060. The number of piperazine rings is 1. The highest BCUT2D eigenvalue weighted by molar-refractivity contribution is 5.92. The molecule has 1 fully saturated rings. The van der Waals surface area contributed by atoms with Crippen molar-refractivity contribution in [3.8, 4) is 6.07 Å². The van der Waals surface area contributed by atoms with Gasteiger partial charge in [0, 0.05) is 37.8 Å². The van der Waals surface area contributed by atoms with Crippen molar-refractivity contribution in [1.29, 1.82) is 5.26 Å². The van der Waals surface area contributed by atoms with E-state index in [1.54, 1.807) is 11.8 Å². The molecule has 1 N–H and O–H groups in total. The summed E-state index contributed by atoms with van der Waals surface area (Å²) in [6.45, 7) is 6.28. The zero-order valence-electron chi connectivity index (χ0n) is 16.4. The molecular weight excluding hydrogens is 382 g/mol. The Morgan fingerprint density at radius 1 is 1.28 bits per heavy atom. The number of carboxylic acids is 1. The van der Waals surface area contributed by atoms with Crippen LogP contribution in [0.15, 0.2) is 16.9 Å². The van der Waals surface area contributed by atoms with Crippen LogP contribution in [0.3, 0.4) is 0 Å². The Labute approximate surface area is 166 Å². The van der Waals surface area contributed by atoms with E-state index in [0.717, 1.165) is 12.1 Å². The molecular formula is C20H22F2N4O3. The summed E-state index contributed by atoms with van der Waals surface area (Å²) < 4.78 is 31.7. The van der Waals surface area contributed by atoms with Crippen molar-refractivity contribution in [3.63, 3.8) is 0 Å². The molecule has 2 unspecified atom stereocenters. The Kier molecular flexibility index (Phi) is 5.57. The number of benzene rings is 1. The lowest BCUT2D eigenvalue weighted by atomic mass is 10.0. The molecule has 1 aromatic carbocycles. The average molecular weight is 404 g/mol. The number of aromatic nitrogens is 1. The second-order valence-corrected chi connectivity index (χ2v) is 7.29. The molecule has 0 amide bonds. The van der Waals surface area contributed by atoms with Gasteiger partial charge in [-0.2, -0.15) is 5.26 Å². The molecule has 2 atom stereocenters. The number of halogens is 2. The van der Waals surface area contributed by atoms with Crippen LogP contribution in [-0.4, -0.2) is 52.3 Å². The molecule has 2 heterocycles. The Hall–Kier alpha value is -2.99. The number of hydrogen-bond acceptors (Lipinski definition) is 5. The van der Waals surface area contributed by atoms with Crippen LogP contribution < -0.4 is 10.3 Å². The quantitative estimate of drug-likeness (QED) is 0.788. The molecule has 1 aliphatic heterocycles. The highest BCUT2D eigenvalue weighted by atomic mass is 19.1. The fourth-order valence-corrected chi connectivity index (χ4v) is 4.18. The number of anilines is 1. The van der Waals surface area contributed by atoms with Gasteiger partial charge < -0.3 is 14.6 Å². The van der Waals surface area contributed by atoms with Crippen LogP contribution in [0.4, 0.5) is 14.5 Å². The number of nitriles is 1. The molecule has 1 saturated heterocycles. The van der Waals surface area contributed by atoms with Crippen molar-refractivity contribution in [2.45, 2.75) is 39.4 Å². The number of aryl methyl sites for hydroxylation is 1. The maximum atomic E-state index is 15.6. The molecule has 0 spiro atoms. The van der Waals surface area contributed by atoms with Crippen molar-refractivity contribution in [2.24, 2.45) is 0 Å². The van der Waals surface area contributed by atoms with E-state index in [-0.39, 0.29) is 47.5 Å². The lowest BCUT2D eigenvalue weighted by Crippen LogP contribution is -2.57. The molecule has 29 heavy (non-hydrogen) atoms. The van der Waals surface area contributed by atoms with Gasteiger partial charge in [-0.15, -0.1) is 0 Å². The van der Waals surface area contributed by atoms with E-state index in [2.05, 4.69) is 6.07 Å². The molecule has 9 heteroatoms. The summed E-state index contributed by atoms with van der Waals surface area (Å²) in [6.07, 6.45) is 0. The summed E-state index contributed by atoms with van der Waals surface area (Å²) in [5.74, 6) is -3.18. The summed E-state index contributed by atoms with van der Waals surface area (Å²) in [5, 5.41) is 18.2. The molecule has 1 aromatic heterocycles. The summed E-state index contributed by atoms with van der Waals surface area (Å²) in [7, 11) is 0. The van der Waals surface area contributed by atoms with Gasteiger partial charge in [-0.1, -0.05) is 0 Å². The van der Waals surface area contributed by atoms with Crippen LogP contribution in [-0.2, 0) is 6.54 Å². The molecule has 3 rings (SSSR count). The SMILES string of the molecule is CCn1c(C(=O)O)cc(=O)c2cc(F)c(N3CC(C)N(CC#N)C(C)C3)c(F)c21. The summed E-state index contributed by atoms with van der Waals surface area (Å²) in [4.78, 5) is 27.4. The van der Waals surface area contributed by atoms with E-state index >= 15 is 4.39 Å². The molecule has 154 valence electrons. The topological polar surface area (TPSA) is 89.6 Å². The fraction of sp³-hybridized carbons (Fsp3) is 0.450. The zero-order chi connectivity index (χ0) is 21.5. The monoisotopic (exact) mass is 404 g/mol. The lowest BCUT2D eigenvalue weighted by molar-refractivity contribution is 0.0685. The maximum absolute atomic E-state index is 15.6. The first-order valence-electron chi connectivity index (χ1n) is 9.37. The number of carboxylic acid groups (broad SMARTS) is 1. The third kappa shape index (κ3) is 3.44.